The van der Waals surface area contributed by atoms with Crippen molar-refractivity contribution in [2.45, 2.75) is 19.8 Å². The number of esters is 1. The standard InChI is InChI=1S/C14H18ClNO4S/c1-2-20-14(17)4-3-10-16-21(18,19)11-9-12-5-7-13(15)8-6-12/h5-9,11,16H,2-4,10H2,1H3/b11-9+. The van der Waals surface area contributed by atoms with E-state index in [0.717, 1.165) is 11.0 Å². The van der Waals surface area contributed by atoms with Crippen LogP contribution >= 0.6 is 11.6 Å². The quantitative estimate of drug-likeness (QED) is 0.587. The second-order valence-electron chi connectivity index (χ2n) is 4.20. The first-order valence-electron chi connectivity index (χ1n) is 6.52. The Labute approximate surface area is 130 Å². The van der Waals surface area contributed by atoms with Crippen LogP contribution in [0.1, 0.15) is 25.3 Å². The van der Waals surface area contributed by atoms with Gasteiger partial charge in [-0.2, -0.15) is 0 Å². The number of benzene rings is 1. The average Bonchev–Trinajstić information content (AvgIpc) is 2.43. The van der Waals surface area contributed by atoms with Gasteiger partial charge in [-0.3, -0.25) is 4.79 Å². The van der Waals surface area contributed by atoms with Crippen LogP contribution in [0.2, 0.25) is 5.02 Å². The van der Waals surface area contributed by atoms with E-state index < -0.39 is 10.0 Å². The maximum Gasteiger partial charge on any atom is 0.305 e. The second-order valence-corrected chi connectivity index (χ2v) is 6.29. The molecule has 0 fully saturated rings. The van der Waals surface area contributed by atoms with Crippen molar-refractivity contribution in [3.05, 3.63) is 40.3 Å². The van der Waals surface area contributed by atoms with Crippen molar-refractivity contribution in [2.24, 2.45) is 0 Å². The minimum absolute atomic E-state index is 0.187. The molecule has 7 heteroatoms. The smallest absolute Gasteiger partial charge is 0.305 e. The molecule has 0 aliphatic heterocycles. The molecule has 1 N–H and O–H groups in total. The van der Waals surface area contributed by atoms with Gasteiger partial charge in [0.2, 0.25) is 10.0 Å². The summed E-state index contributed by atoms with van der Waals surface area (Å²) in [6.45, 7) is 2.24. The molecule has 0 atom stereocenters. The fourth-order valence-corrected chi connectivity index (χ4v) is 2.46. The summed E-state index contributed by atoms with van der Waals surface area (Å²) in [5.41, 5.74) is 0.733. The highest BCUT2D eigenvalue weighted by Gasteiger charge is 2.06. The summed E-state index contributed by atoms with van der Waals surface area (Å²) in [4.78, 5) is 11.1. The zero-order valence-electron chi connectivity index (χ0n) is 11.7. The third-order valence-corrected chi connectivity index (χ3v) is 3.83. The maximum atomic E-state index is 11.7. The van der Waals surface area contributed by atoms with Crippen molar-refractivity contribution in [1.82, 2.24) is 4.72 Å². The molecule has 21 heavy (non-hydrogen) atoms. The first-order chi connectivity index (χ1) is 9.93. The molecule has 0 aliphatic rings. The predicted octanol–water partition coefficient (Wildman–Crippen LogP) is 2.57. The van der Waals surface area contributed by atoms with Crippen LogP contribution in [-0.2, 0) is 19.6 Å². The minimum atomic E-state index is -3.52. The van der Waals surface area contributed by atoms with Gasteiger partial charge in [0.25, 0.3) is 0 Å². The van der Waals surface area contributed by atoms with Gasteiger partial charge in [0.15, 0.2) is 0 Å². The van der Waals surface area contributed by atoms with Crippen LogP contribution in [0.3, 0.4) is 0 Å². The number of carbonyl (C=O) groups excluding carboxylic acids is 1. The Kier molecular flexibility index (Phi) is 7.42. The summed E-state index contributed by atoms with van der Waals surface area (Å²) in [5.74, 6) is -0.326. The lowest BCUT2D eigenvalue weighted by Gasteiger charge is -2.03. The number of hydrogen-bond donors (Lipinski definition) is 1. The van der Waals surface area contributed by atoms with E-state index in [1.54, 1.807) is 31.2 Å². The van der Waals surface area contributed by atoms with E-state index in [4.69, 9.17) is 16.3 Å². The first kappa shape index (κ1) is 17.7. The normalized spacial score (nSPS) is 11.7. The molecule has 0 saturated carbocycles. The van der Waals surface area contributed by atoms with Gasteiger partial charge in [0.1, 0.15) is 0 Å². The van der Waals surface area contributed by atoms with E-state index in [2.05, 4.69) is 4.72 Å². The highest BCUT2D eigenvalue weighted by atomic mass is 35.5. The van der Waals surface area contributed by atoms with Gasteiger partial charge in [0.05, 0.1) is 6.61 Å². The lowest BCUT2D eigenvalue weighted by molar-refractivity contribution is -0.143. The largest absolute Gasteiger partial charge is 0.466 e. The van der Waals surface area contributed by atoms with E-state index >= 15 is 0 Å². The van der Waals surface area contributed by atoms with Crippen molar-refractivity contribution in [1.29, 1.82) is 0 Å². The number of hydrogen-bond acceptors (Lipinski definition) is 4. The van der Waals surface area contributed by atoms with Crippen LogP contribution < -0.4 is 4.72 Å². The SMILES string of the molecule is CCOC(=O)CCCNS(=O)(=O)/C=C/c1ccc(Cl)cc1. The van der Waals surface area contributed by atoms with Crippen LogP contribution in [0.4, 0.5) is 0 Å². The van der Waals surface area contributed by atoms with Crippen molar-refractivity contribution in [3.63, 3.8) is 0 Å². The number of nitrogens with one attached hydrogen (secondary N) is 1. The zero-order valence-corrected chi connectivity index (χ0v) is 13.3. The van der Waals surface area contributed by atoms with Gasteiger partial charge in [-0.05, 0) is 37.1 Å². The molecule has 5 nitrogen and oxygen atoms in total. The summed E-state index contributed by atoms with van der Waals surface area (Å²) >= 11 is 5.74. The summed E-state index contributed by atoms with van der Waals surface area (Å²) in [6, 6.07) is 6.80. The van der Waals surface area contributed by atoms with Crippen molar-refractivity contribution < 1.29 is 17.9 Å². The van der Waals surface area contributed by atoms with Crippen molar-refractivity contribution >= 4 is 33.7 Å². The molecule has 1 aromatic carbocycles. The maximum absolute atomic E-state index is 11.7. The molecular formula is C14H18ClNO4S. The Morgan fingerprint density at radius 1 is 1.33 bits per heavy atom. The number of carbonyl (C=O) groups is 1. The highest BCUT2D eigenvalue weighted by Crippen LogP contribution is 2.11. The molecule has 0 saturated heterocycles. The third-order valence-electron chi connectivity index (χ3n) is 2.48. The summed E-state index contributed by atoms with van der Waals surface area (Å²) in [6.07, 6.45) is 2.06. The molecule has 0 aromatic heterocycles. The number of sulfonamides is 1. The van der Waals surface area contributed by atoms with E-state index in [1.807, 2.05) is 0 Å². The van der Waals surface area contributed by atoms with Gasteiger partial charge in [-0.25, -0.2) is 13.1 Å². The zero-order chi connectivity index (χ0) is 15.7. The lowest BCUT2D eigenvalue weighted by Crippen LogP contribution is -2.23. The Bertz CT molecular complexity index is 581. The van der Waals surface area contributed by atoms with Crippen LogP contribution in [0.25, 0.3) is 6.08 Å². The van der Waals surface area contributed by atoms with E-state index in [1.165, 1.54) is 6.08 Å². The summed E-state index contributed by atoms with van der Waals surface area (Å²) in [5, 5.41) is 1.67. The molecule has 0 spiro atoms. The molecule has 0 heterocycles. The number of rotatable bonds is 8. The van der Waals surface area contributed by atoms with Crippen LogP contribution in [0.5, 0.6) is 0 Å². The van der Waals surface area contributed by atoms with Crippen LogP contribution in [0.15, 0.2) is 29.7 Å². The number of halogens is 1. The fourth-order valence-electron chi connectivity index (χ4n) is 1.47. The van der Waals surface area contributed by atoms with Crippen LogP contribution in [0, 0.1) is 0 Å². The minimum Gasteiger partial charge on any atom is -0.466 e. The van der Waals surface area contributed by atoms with Gasteiger partial charge in [0, 0.05) is 23.4 Å². The van der Waals surface area contributed by atoms with Gasteiger partial charge in [-0.1, -0.05) is 23.7 Å². The average molecular weight is 332 g/mol. The predicted molar refractivity (Wildman–Crippen MR) is 83.3 cm³/mol. The molecule has 0 aliphatic carbocycles. The Balaban J connectivity index is 2.40. The van der Waals surface area contributed by atoms with E-state index in [9.17, 15) is 13.2 Å². The van der Waals surface area contributed by atoms with E-state index in [0.29, 0.717) is 18.1 Å². The first-order valence-corrected chi connectivity index (χ1v) is 8.44. The topological polar surface area (TPSA) is 72.5 Å². The molecule has 1 aromatic rings. The fraction of sp³-hybridized carbons (Fsp3) is 0.357. The van der Waals surface area contributed by atoms with Gasteiger partial charge in [-0.15, -0.1) is 0 Å². The molecule has 0 unspecified atom stereocenters. The van der Waals surface area contributed by atoms with Crippen molar-refractivity contribution in [3.8, 4) is 0 Å². The summed E-state index contributed by atoms with van der Waals surface area (Å²) < 4.78 is 30.5. The third kappa shape index (κ3) is 7.84. The van der Waals surface area contributed by atoms with E-state index in [-0.39, 0.29) is 18.9 Å². The number of ether oxygens (including phenoxy) is 1. The monoisotopic (exact) mass is 331 g/mol. The molecule has 0 bridgehead atoms. The highest BCUT2D eigenvalue weighted by molar-refractivity contribution is 7.92. The lowest BCUT2D eigenvalue weighted by atomic mass is 10.2. The Morgan fingerprint density at radius 3 is 2.62 bits per heavy atom. The van der Waals surface area contributed by atoms with Gasteiger partial charge >= 0.3 is 5.97 Å². The molecule has 1 rings (SSSR count). The van der Waals surface area contributed by atoms with Crippen molar-refractivity contribution in [2.75, 3.05) is 13.2 Å². The summed E-state index contributed by atoms with van der Waals surface area (Å²) in [7, 11) is -3.52. The molecule has 116 valence electrons. The van der Waals surface area contributed by atoms with Gasteiger partial charge < -0.3 is 4.74 Å². The molecular weight excluding hydrogens is 314 g/mol. The van der Waals surface area contributed by atoms with Crippen LogP contribution in [-0.4, -0.2) is 27.5 Å². The molecule has 0 amide bonds. The second kappa shape index (κ2) is 8.81. The Hall–Kier alpha value is -1.37. The Morgan fingerprint density at radius 2 is 2.00 bits per heavy atom. The molecule has 0 radical (unpaired) electrons.